The summed E-state index contributed by atoms with van der Waals surface area (Å²) >= 11 is 0. The SMILES string of the molecule is CCNc1ccccc1C(=O)N1CCN2CCCC2C1. The van der Waals surface area contributed by atoms with Gasteiger partial charge in [-0.15, -0.1) is 0 Å². The van der Waals surface area contributed by atoms with E-state index in [1.54, 1.807) is 0 Å². The molecule has 1 aromatic carbocycles. The number of amides is 1. The smallest absolute Gasteiger partial charge is 0.256 e. The third-order valence-corrected chi connectivity index (χ3v) is 4.40. The number of hydrogen-bond donors (Lipinski definition) is 1. The van der Waals surface area contributed by atoms with Crippen LogP contribution in [0.15, 0.2) is 24.3 Å². The van der Waals surface area contributed by atoms with Gasteiger partial charge in [-0.05, 0) is 38.4 Å². The van der Waals surface area contributed by atoms with Crippen molar-refractivity contribution in [3.63, 3.8) is 0 Å². The van der Waals surface area contributed by atoms with Crippen LogP contribution in [0.1, 0.15) is 30.1 Å². The summed E-state index contributed by atoms with van der Waals surface area (Å²) in [5.74, 6) is 0.174. The number of anilines is 1. The maximum absolute atomic E-state index is 12.8. The van der Waals surface area contributed by atoms with Crippen molar-refractivity contribution < 1.29 is 4.79 Å². The third-order valence-electron chi connectivity index (χ3n) is 4.40. The van der Waals surface area contributed by atoms with E-state index < -0.39 is 0 Å². The summed E-state index contributed by atoms with van der Waals surface area (Å²) in [6, 6.07) is 8.42. The van der Waals surface area contributed by atoms with E-state index >= 15 is 0 Å². The molecule has 1 unspecified atom stereocenters. The van der Waals surface area contributed by atoms with Crippen LogP contribution >= 0.6 is 0 Å². The van der Waals surface area contributed by atoms with E-state index in [9.17, 15) is 4.79 Å². The summed E-state index contributed by atoms with van der Waals surface area (Å²) in [6.07, 6.45) is 2.51. The number of para-hydroxylation sites is 1. The van der Waals surface area contributed by atoms with E-state index in [0.29, 0.717) is 6.04 Å². The monoisotopic (exact) mass is 273 g/mol. The highest BCUT2D eigenvalue weighted by atomic mass is 16.2. The first-order valence-electron chi connectivity index (χ1n) is 7.66. The Labute approximate surface area is 120 Å². The Hall–Kier alpha value is -1.55. The van der Waals surface area contributed by atoms with Crippen LogP contribution in [0.25, 0.3) is 0 Å². The zero-order valence-electron chi connectivity index (χ0n) is 12.1. The zero-order chi connectivity index (χ0) is 13.9. The van der Waals surface area contributed by atoms with Crippen molar-refractivity contribution in [2.24, 2.45) is 0 Å². The molecular formula is C16H23N3O. The lowest BCUT2D eigenvalue weighted by Crippen LogP contribution is -2.52. The van der Waals surface area contributed by atoms with Crippen molar-refractivity contribution in [1.82, 2.24) is 9.80 Å². The zero-order valence-corrected chi connectivity index (χ0v) is 12.1. The van der Waals surface area contributed by atoms with Gasteiger partial charge < -0.3 is 10.2 Å². The molecule has 20 heavy (non-hydrogen) atoms. The average molecular weight is 273 g/mol. The molecule has 0 aromatic heterocycles. The Kier molecular flexibility index (Phi) is 3.92. The van der Waals surface area contributed by atoms with Gasteiger partial charge in [-0.25, -0.2) is 0 Å². The maximum Gasteiger partial charge on any atom is 0.256 e. The molecule has 0 saturated carbocycles. The Morgan fingerprint density at radius 3 is 3.00 bits per heavy atom. The van der Waals surface area contributed by atoms with Crippen molar-refractivity contribution in [3.05, 3.63) is 29.8 Å². The second-order valence-electron chi connectivity index (χ2n) is 5.66. The number of carbonyl (C=O) groups excluding carboxylic acids is 1. The molecule has 0 radical (unpaired) electrons. The van der Waals surface area contributed by atoms with Gasteiger partial charge in [-0.2, -0.15) is 0 Å². The van der Waals surface area contributed by atoms with Crippen molar-refractivity contribution in [1.29, 1.82) is 0 Å². The topological polar surface area (TPSA) is 35.6 Å². The van der Waals surface area contributed by atoms with Crippen molar-refractivity contribution >= 4 is 11.6 Å². The molecule has 0 spiro atoms. The van der Waals surface area contributed by atoms with E-state index in [1.807, 2.05) is 29.2 Å². The molecule has 1 N–H and O–H groups in total. The second-order valence-corrected chi connectivity index (χ2v) is 5.66. The van der Waals surface area contributed by atoms with Crippen LogP contribution in [0.3, 0.4) is 0 Å². The maximum atomic E-state index is 12.8. The molecule has 3 rings (SSSR count). The summed E-state index contributed by atoms with van der Waals surface area (Å²) in [7, 11) is 0. The molecule has 1 amide bonds. The summed E-state index contributed by atoms with van der Waals surface area (Å²) in [5.41, 5.74) is 1.76. The van der Waals surface area contributed by atoms with Gasteiger partial charge in [0.1, 0.15) is 0 Å². The van der Waals surface area contributed by atoms with E-state index in [-0.39, 0.29) is 5.91 Å². The van der Waals surface area contributed by atoms with Crippen LogP contribution in [0, 0.1) is 0 Å². The lowest BCUT2D eigenvalue weighted by atomic mass is 10.1. The summed E-state index contributed by atoms with van der Waals surface area (Å²) in [6.45, 7) is 6.87. The normalized spacial score (nSPS) is 22.6. The van der Waals surface area contributed by atoms with Gasteiger partial charge in [0, 0.05) is 37.9 Å². The summed E-state index contributed by atoms with van der Waals surface area (Å²) in [4.78, 5) is 17.3. The predicted octanol–water partition coefficient (Wildman–Crippen LogP) is 2.04. The van der Waals surface area contributed by atoms with Gasteiger partial charge >= 0.3 is 0 Å². The number of piperazine rings is 1. The lowest BCUT2D eigenvalue weighted by molar-refractivity contribution is 0.0572. The van der Waals surface area contributed by atoms with E-state index in [2.05, 4.69) is 17.1 Å². The highest BCUT2D eigenvalue weighted by molar-refractivity contribution is 5.99. The Morgan fingerprint density at radius 2 is 2.15 bits per heavy atom. The molecule has 1 atom stereocenters. The number of nitrogens with one attached hydrogen (secondary N) is 1. The third kappa shape index (κ3) is 2.52. The largest absolute Gasteiger partial charge is 0.385 e. The quantitative estimate of drug-likeness (QED) is 0.915. The molecule has 2 saturated heterocycles. The van der Waals surface area contributed by atoms with Gasteiger partial charge in [0.15, 0.2) is 0 Å². The lowest BCUT2D eigenvalue weighted by Gasteiger charge is -2.37. The molecule has 108 valence electrons. The fourth-order valence-electron chi connectivity index (χ4n) is 3.36. The molecule has 4 nitrogen and oxygen atoms in total. The van der Waals surface area contributed by atoms with Gasteiger partial charge in [0.25, 0.3) is 5.91 Å². The first kappa shape index (κ1) is 13.4. The number of fused-ring (bicyclic) bond motifs is 1. The molecule has 2 aliphatic heterocycles. The molecule has 0 bridgehead atoms. The number of rotatable bonds is 3. The highest BCUT2D eigenvalue weighted by Crippen LogP contribution is 2.24. The van der Waals surface area contributed by atoms with E-state index in [1.165, 1.54) is 19.4 Å². The molecule has 1 aromatic rings. The fraction of sp³-hybridized carbons (Fsp3) is 0.562. The van der Waals surface area contributed by atoms with Crippen molar-refractivity contribution in [2.45, 2.75) is 25.8 Å². The highest BCUT2D eigenvalue weighted by Gasteiger charge is 2.33. The molecule has 2 aliphatic rings. The Bertz CT molecular complexity index is 488. The van der Waals surface area contributed by atoms with Crippen LogP contribution in [-0.2, 0) is 0 Å². The summed E-state index contributed by atoms with van der Waals surface area (Å²) in [5, 5.41) is 3.28. The first-order valence-corrected chi connectivity index (χ1v) is 7.66. The van der Waals surface area contributed by atoms with E-state index in [0.717, 1.165) is 37.4 Å². The second kappa shape index (κ2) is 5.83. The van der Waals surface area contributed by atoms with Crippen LogP contribution in [0.4, 0.5) is 5.69 Å². The standard InChI is InChI=1S/C16H23N3O/c1-2-17-15-8-4-3-7-14(15)16(20)19-11-10-18-9-5-6-13(18)12-19/h3-4,7-8,13,17H,2,5-6,9-12H2,1H3. The summed E-state index contributed by atoms with van der Waals surface area (Å²) < 4.78 is 0. The van der Waals surface area contributed by atoms with Crippen LogP contribution in [-0.4, -0.2) is 54.5 Å². The number of benzene rings is 1. The number of hydrogen-bond acceptors (Lipinski definition) is 3. The minimum Gasteiger partial charge on any atom is -0.385 e. The average Bonchev–Trinajstić information content (AvgIpc) is 2.95. The van der Waals surface area contributed by atoms with Gasteiger partial charge in [0.2, 0.25) is 0 Å². The molecule has 4 heteroatoms. The predicted molar refractivity (Wildman–Crippen MR) is 81.1 cm³/mol. The van der Waals surface area contributed by atoms with Gasteiger partial charge in [0.05, 0.1) is 5.56 Å². The van der Waals surface area contributed by atoms with Gasteiger partial charge in [-0.1, -0.05) is 12.1 Å². The van der Waals surface area contributed by atoms with E-state index in [4.69, 9.17) is 0 Å². The minimum atomic E-state index is 0.174. The fourth-order valence-corrected chi connectivity index (χ4v) is 3.36. The number of carbonyl (C=O) groups is 1. The Morgan fingerprint density at radius 1 is 1.30 bits per heavy atom. The van der Waals surface area contributed by atoms with Crippen molar-refractivity contribution in [2.75, 3.05) is 38.0 Å². The van der Waals surface area contributed by atoms with Crippen LogP contribution in [0.5, 0.6) is 0 Å². The van der Waals surface area contributed by atoms with Gasteiger partial charge in [-0.3, -0.25) is 9.69 Å². The first-order chi connectivity index (χ1) is 9.79. The van der Waals surface area contributed by atoms with Crippen LogP contribution in [0.2, 0.25) is 0 Å². The molecular weight excluding hydrogens is 250 g/mol. The molecule has 2 heterocycles. The van der Waals surface area contributed by atoms with Crippen LogP contribution < -0.4 is 5.32 Å². The van der Waals surface area contributed by atoms with Crippen molar-refractivity contribution in [3.8, 4) is 0 Å². The minimum absolute atomic E-state index is 0.174. The molecule has 2 fully saturated rings. The number of nitrogens with zero attached hydrogens (tertiary/aromatic N) is 2. The molecule has 0 aliphatic carbocycles. The Balaban J connectivity index is 1.75.